The third-order valence-corrected chi connectivity index (χ3v) is 8.53. The molecule has 3 aromatic carbocycles. The molecule has 4 nitrogen and oxygen atoms in total. The number of halogens is 4. The quantitative estimate of drug-likeness (QED) is 0.225. The van der Waals surface area contributed by atoms with Gasteiger partial charge >= 0.3 is 0 Å². The van der Waals surface area contributed by atoms with Crippen molar-refractivity contribution < 1.29 is 9.59 Å². The molecular weight excluding hydrogens is 582 g/mol. The molecule has 0 radical (unpaired) electrons. The Bertz CT molecular complexity index is 1220. The van der Waals surface area contributed by atoms with E-state index in [1.807, 2.05) is 50.2 Å². The molecule has 9 heteroatoms. The Morgan fingerprint density at radius 1 is 0.868 bits per heavy atom. The Hall–Kier alpha value is -1.89. The highest BCUT2D eigenvalue weighted by Gasteiger charge is 2.31. The lowest BCUT2D eigenvalue weighted by atomic mass is 10.0. The Morgan fingerprint density at radius 3 is 2.18 bits per heavy atom. The van der Waals surface area contributed by atoms with Crippen molar-refractivity contribution in [1.82, 2.24) is 10.2 Å². The molecule has 0 bridgehead atoms. The van der Waals surface area contributed by atoms with E-state index in [0.717, 1.165) is 23.1 Å². The highest BCUT2D eigenvalue weighted by Crippen LogP contribution is 2.29. The largest absolute Gasteiger partial charge is 0.352 e. The van der Waals surface area contributed by atoms with Crippen molar-refractivity contribution in [1.29, 1.82) is 0 Å². The number of hydrogen-bond donors (Lipinski definition) is 1. The van der Waals surface area contributed by atoms with Gasteiger partial charge in [0.05, 0.1) is 15.8 Å². The van der Waals surface area contributed by atoms with Crippen LogP contribution in [-0.2, 0) is 28.3 Å². The molecule has 202 valence electrons. The zero-order chi connectivity index (χ0) is 27.7. The van der Waals surface area contributed by atoms with Crippen molar-refractivity contribution >= 4 is 70.0 Å². The van der Waals surface area contributed by atoms with Crippen LogP contribution in [0.5, 0.6) is 0 Å². The van der Waals surface area contributed by atoms with Gasteiger partial charge in [0.25, 0.3) is 0 Å². The van der Waals surface area contributed by atoms with E-state index < -0.39 is 6.04 Å². The molecule has 1 N–H and O–H groups in total. The number of thioether (sulfide) groups is 1. The highest BCUT2D eigenvalue weighted by molar-refractivity contribution is 7.99. The summed E-state index contributed by atoms with van der Waals surface area (Å²) in [7, 11) is 0. The molecular formula is C29H30Cl4N2O2S. The van der Waals surface area contributed by atoms with Crippen LogP contribution in [-0.4, -0.2) is 34.6 Å². The summed E-state index contributed by atoms with van der Waals surface area (Å²) in [6, 6.07) is 19.5. The molecule has 0 aliphatic rings. The van der Waals surface area contributed by atoms with E-state index in [9.17, 15) is 9.59 Å². The zero-order valence-corrected chi connectivity index (χ0v) is 25.1. The molecule has 0 saturated carbocycles. The van der Waals surface area contributed by atoms with Crippen LogP contribution in [0.1, 0.15) is 37.0 Å². The Balaban J connectivity index is 1.90. The van der Waals surface area contributed by atoms with Crippen LogP contribution in [0.4, 0.5) is 0 Å². The number of rotatable bonds is 12. The fraction of sp³-hybridized carbons (Fsp3) is 0.310. The summed E-state index contributed by atoms with van der Waals surface area (Å²) < 4.78 is 0. The van der Waals surface area contributed by atoms with Gasteiger partial charge in [-0.15, -0.1) is 11.8 Å². The number of hydrogen-bond acceptors (Lipinski definition) is 3. The summed E-state index contributed by atoms with van der Waals surface area (Å²) in [4.78, 5) is 28.9. The molecule has 0 unspecified atom stereocenters. The van der Waals surface area contributed by atoms with Gasteiger partial charge in [0.2, 0.25) is 11.8 Å². The topological polar surface area (TPSA) is 49.4 Å². The minimum absolute atomic E-state index is 0.0283. The maximum absolute atomic E-state index is 13.8. The van der Waals surface area contributed by atoms with Crippen molar-refractivity contribution in [2.75, 3.05) is 5.75 Å². The molecule has 0 aromatic heterocycles. The number of amides is 2. The number of benzene rings is 3. The SMILES string of the molecule is CC[C@@H](C)NC(=O)[C@H](Cc1ccccc1)N(Cc1ccc(Cl)c(Cl)c1)C(=O)CSCc1c(Cl)cccc1Cl. The lowest BCUT2D eigenvalue weighted by Gasteiger charge is -2.32. The van der Waals surface area contributed by atoms with Crippen molar-refractivity contribution in [3.05, 3.63) is 104 Å². The molecule has 2 amide bonds. The molecule has 0 saturated heterocycles. The van der Waals surface area contributed by atoms with E-state index in [2.05, 4.69) is 5.32 Å². The molecule has 3 aromatic rings. The Morgan fingerprint density at radius 2 is 1.55 bits per heavy atom. The molecule has 0 heterocycles. The molecule has 2 atom stereocenters. The van der Waals surface area contributed by atoms with Crippen LogP contribution < -0.4 is 5.32 Å². The molecule has 0 aliphatic heterocycles. The van der Waals surface area contributed by atoms with Gasteiger partial charge in [-0.05, 0) is 54.3 Å². The first-order valence-electron chi connectivity index (χ1n) is 12.3. The minimum Gasteiger partial charge on any atom is -0.352 e. The summed E-state index contributed by atoms with van der Waals surface area (Å²) in [6.45, 7) is 4.16. The van der Waals surface area contributed by atoms with Gasteiger partial charge in [-0.3, -0.25) is 9.59 Å². The minimum atomic E-state index is -0.724. The van der Waals surface area contributed by atoms with Gasteiger partial charge in [0.15, 0.2) is 0 Å². The zero-order valence-electron chi connectivity index (χ0n) is 21.2. The normalized spacial score (nSPS) is 12.6. The van der Waals surface area contributed by atoms with Crippen molar-refractivity contribution in [2.45, 2.75) is 51.1 Å². The molecule has 38 heavy (non-hydrogen) atoms. The summed E-state index contributed by atoms with van der Waals surface area (Å²) in [5.41, 5.74) is 2.51. The van der Waals surface area contributed by atoms with Crippen LogP contribution in [0, 0.1) is 0 Å². The van der Waals surface area contributed by atoms with E-state index >= 15 is 0 Å². The second-order valence-electron chi connectivity index (χ2n) is 8.99. The maximum Gasteiger partial charge on any atom is 0.243 e. The van der Waals surface area contributed by atoms with Crippen molar-refractivity contribution in [2.24, 2.45) is 0 Å². The summed E-state index contributed by atoms with van der Waals surface area (Å²) >= 11 is 26.4. The van der Waals surface area contributed by atoms with Gasteiger partial charge in [-0.2, -0.15) is 0 Å². The molecule has 3 rings (SSSR count). The van der Waals surface area contributed by atoms with Crippen LogP contribution in [0.3, 0.4) is 0 Å². The number of carbonyl (C=O) groups is 2. The van der Waals surface area contributed by atoms with E-state index in [4.69, 9.17) is 46.4 Å². The monoisotopic (exact) mass is 610 g/mol. The molecule has 0 fully saturated rings. The fourth-order valence-corrected chi connectivity index (χ4v) is 5.79. The predicted octanol–water partition coefficient (Wildman–Crippen LogP) is 8.09. The lowest BCUT2D eigenvalue weighted by Crippen LogP contribution is -2.52. The summed E-state index contributed by atoms with van der Waals surface area (Å²) in [5, 5.41) is 5.00. The van der Waals surface area contributed by atoms with E-state index in [1.165, 1.54) is 11.8 Å². The number of nitrogens with zero attached hydrogens (tertiary/aromatic N) is 1. The average Bonchev–Trinajstić information content (AvgIpc) is 2.90. The third kappa shape index (κ3) is 8.82. The first-order valence-corrected chi connectivity index (χ1v) is 14.9. The smallest absolute Gasteiger partial charge is 0.243 e. The first kappa shape index (κ1) is 30.6. The summed E-state index contributed by atoms with van der Waals surface area (Å²) in [5.74, 6) is 0.234. The van der Waals surface area contributed by atoms with Gasteiger partial charge in [-0.1, -0.05) is 95.8 Å². The van der Waals surface area contributed by atoms with Gasteiger partial charge < -0.3 is 10.2 Å². The molecule has 0 aliphatic carbocycles. The molecule has 0 spiro atoms. The third-order valence-electron chi connectivity index (χ3n) is 6.14. The van der Waals surface area contributed by atoms with E-state index in [-0.39, 0.29) is 30.2 Å². The first-order chi connectivity index (χ1) is 18.2. The second kappa shape index (κ2) is 15.0. The van der Waals surface area contributed by atoms with Gasteiger partial charge in [-0.25, -0.2) is 0 Å². The number of carbonyl (C=O) groups excluding carboxylic acids is 2. The lowest BCUT2D eigenvalue weighted by molar-refractivity contribution is -0.139. The second-order valence-corrected chi connectivity index (χ2v) is 11.6. The van der Waals surface area contributed by atoms with Crippen molar-refractivity contribution in [3.8, 4) is 0 Å². The van der Waals surface area contributed by atoms with Crippen molar-refractivity contribution in [3.63, 3.8) is 0 Å². The highest BCUT2D eigenvalue weighted by atomic mass is 35.5. The average molecular weight is 612 g/mol. The van der Waals surface area contributed by atoms with E-state index in [1.54, 1.807) is 35.2 Å². The summed E-state index contributed by atoms with van der Waals surface area (Å²) in [6.07, 6.45) is 1.15. The Kier molecular flexibility index (Phi) is 12.1. The standard InChI is InChI=1S/C29H30Cl4N2O2S/c1-3-19(2)34-29(37)27(15-20-8-5-4-6-9-20)35(16-21-12-13-25(32)26(33)14-21)28(36)18-38-17-22-23(30)10-7-11-24(22)31/h4-14,19,27H,3,15-18H2,1-2H3,(H,34,37)/t19-,27+/m1/s1. The maximum atomic E-state index is 13.8. The van der Waals surface area contributed by atoms with E-state index in [0.29, 0.717) is 32.3 Å². The van der Waals surface area contributed by atoms with Crippen LogP contribution in [0.15, 0.2) is 66.7 Å². The number of nitrogens with one attached hydrogen (secondary N) is 1. The fourth-order valence-electron chi connectivity index (χ4n) is 3.82. The van der Waals surface area contributed by atoms with Crippen LogP contribution in [0.2, 0.25) is 20.1 Å². The predicted molar refractivity (Wildman–Crippen MR) is 161 cm³/mol. The van der Waals surface area contributed by atoms with Crippen LogP contribution >= 0.6 is 58.2 Å². The Labute approximate surface area is 249 Å². The van der Waals surface area contributed by atoms with Gasteiger partial charge in [0.1, 0.15) is 6.04 Å². The van der Waals surface area contributed by atoms with Gasteiger partial charge in [0, 0.05) is 34.8 Å². The van der Waals surface area contributed by atoms with Crippen LogP contribution in [0.25, 0.3) is 0 Å².